The highest BCUT2D eigenvalue weighted by Gasteiger charge is 2.14. The summed E-state index contributed by atoms with van der Waals surface area (Å²) in [6.07, 6.45) is 3.17. The summed E-state index contributed by atoms with van der Waals surface area (Å²) in [6, 6.07) is 14.0. The first-order chi connectivity index (χ1) is 12.5. The third-order valence-corrected chi connectivity index (χ3v) is 3.96. The predicted molar refractivity (Wildman–Crippen MR) is 106 cm³/mol. The lowest BCUT2D eigenvalue weighted by Crippen LogP contribution is -2.34. The van der Waals surface area contributed by atoms with E-state index in [9.17, 15) is 9.59 Å². The van der Waals surface area contributed by atoms with Gasteiger partial charge < -0.3 is 15.4 Å². The van der Waals surface area contributed by atoms with Gasteiger partial charge in [-0.25, -0.2) is 0 Å². The van der Waals surface area contributed by atoms with Gasteiger partial charge in [0.05, 0.1) is 7.11 Å². The lowest BCUT2D eigenvalue weighted by atomic mass is 10.1. The first-order valence-electron chi connectivity index (χ1n) is 7.85. The van der Waals surface area contributed by atoms with Gasteiger partial charge in [-0.1, -0.05) is 34.1 Å². The van der Waals surface area contributed by atoms with Crippen molar-refractivity contribution in [3.8, 4) is 5.75 Å². The average Bonchev–Trinajstić information content (AvgIpc) is 2.66. The zero-order valence-corrected chi connectivity index (χ0v) is 15.9. The van der Waals surface area contributed by atoms with E-state index in [1.807, 2.05) is 0 Å². The highest BCUT2D eigenvalue weighted by Crippen LogP contribution is 2.14. The van der Waals surface area contributed by atoms with Crippen molar-refractivity contribution in [3.05, 3.63) is 82.5 Å². The minimum atomic E-state index is -0.397. The Bertz CT molecular complexity index is 812. The smallest absolute Gasteiger partial charge is 0.268 e. The van der Waals surface area contributed by atoms with E-state index >= 15 is 0 Å². The third-order valence-electron chi connectivity index (χ3n) is 3.43. The molecule has 2 aromatic rings. The van der Waals surface area contributed by atoms with Crippen molar-refractivity contribution in [2.45, 2.75) is 0 Å². The summed E-state index contributed by atoms with van der Waals surface area (Å²) in [5, 5.41) is 5.34. The standard InChI is InChI=1S/C20H19BrN2O3/c1-3-12-22-20(25)18(13-14-4-10-17(26-2)11-5-14)23-19(24)15-6-8-16(21)9-7-15/h3-11,13H,1,12H2,2H3,(H,22,25)(H,23,24). The molecule has 6 heteroatoms. The Morgan fingerprint density at radius 2 is 1.77 bits per heavy atom. The Hall–Kier alpha value is -2.86. The molecule has 0 unspecified atom stereocenters. The largest absolute Gasteiger partial charge is 0.497 e. The molecule has 0 radical (unpaired) electrons. The van der Waals surface area contributed by atoms with Gasteiger partial charge in [-0.15, -0.1) is 6.58 Å². The van der Waals surface area contributed by atoms with Gasteiger partial charge in [-0.05, 0) is 48.0 Å². The minimum Gasteiger partial charge on any atom is -0.497 e. The van der Waals surface area contributed by atoms with Crippen LogP contribution in [0, 0.1) is 0 Å². The lowest BCUT2D eigenvalue weighted by molar-refractivity contribution is -0.117. The highest BCUT2D eigenvalue weighted by atomic mass is 79.9. The summed E-state index contributed by atoms with van der Waals surface area (Å²) in [5.41, 5.74) is 1.35. The number of ether oxygens (including phenoxy) is 1. The molecular weight excluding hydrogens is 396 g/mol. The SMILES string of the molecule is C=CCNC(=O)C(=Cc1ccc(OC)cc1)NC(=O)c1ccc(Br)cc1. The maximum Gasteiger partial charge on any atom is 0.268 e. The number of halogens is 1. The fraction of sp³-hybridized carbons (Fsp3) is 0.100. The Kier molecular flexibility index (Phi) is 7.17. The van der Waals surface area contributed by atoms with E-state index in [2.05, 4.69) is 33.1 Å². The van der Waals surface area contributed by atoms with Crippen molar-refractivity contribution < 1.29 is 14.3 Å². The molecule has 0 spiro atoms. The van der Waals surface area contributed by atoms with Crippen LogP contribution < -0.4 is 15.4 Å². The van der Waals surface area contributed by atoms with E-state index in [4.69, 9.17) is 4.74 Å². The lowest BCUT2D eigenvalue weighted by Gasteiger charge is -2.10. The zero-order valence-electron chi connectivity index (χ0n) is 14.3. The van der Waals surface area contributed by atoms with Gasteiger partial charge in [0.25, 0.3) is 11.8 Å². The van der Waals surface area contributed by atoms with E-state index in [-0.39, 0.29) is 11.6 Å². The summed E-state index contributed by atoms with van der Waals surface area (Å²) in [6.45, 7) is 3.87. The van der Waals surface area contributed by atoms with Crippen LogP contribution in [0.15, 0.2) is 71.4 Å². The summed E-state index contributed by atoms with van der Waals surface area (Å²) < 4.78 is 5.99. The van der Waals surface area contributed by atoms with Crippen LogP contribution in [0.25, 0.3) is 6.08 Å². The predicted octanol–water partition coefficient (Wildman–Crippen LogP) is 3.53. The van der Waals surface area contributed by atoms with E-state index in [0.717, 1.165) is 10.0 Å². The topological polar surface area (TPSA) is 67.4 Å². The van der Waals surface area contributed by atoms with Crippen molar-refractivity contribution in [2.24, 2.45) is 0 Å². The Morgan fingerprint density at radius 1 is 1.12 bits per heavy atom. The summed E-state index contributed by atoms with van der Waals surface area (Å²) >= 11 is 3.33. The van der Waals surface area contributed by atoms with Crippen molar-refractivity contribution in [1.82, 2.24) is 10.6 Å². The van der Waals surface area contributed by atoms with Crippen LogP contribution in [-0.2, 0) is 4.79 Å². The normalized spacial score (nSPS) is 10.8. The number of nitrogens with one attached hydrogen (secondary N) is 2. The van der Waals surface area contributed by atoms with Gasteiger partial charge in [0.2, 0.25) is 0 Å². The number of rotatable bonds is 7. The first kappa shape index (κ1) is 19.5. The molecule has 5 nitrogen and oxygen atoms in total. The molecule has 0 atom stereocenters. The van der Waals surface area contributed by atoms with Gasteiger partial charge >= 0.3 is 0 Å². The number of hydrogen-bond donors (Lipinski definition) is 2. The second-order valence-electron chi connectivity index (χ2n) is 5.29. The van der Waals surface area contributed by atoms with Crippen molar-refractivity contribution in [3.63, 3.8) is 0 Å². The van der Waals surface area contributed by atoms with E-state index in [1.165, 1.54) is 0 Å². The summed E-state index contributed by atoms with van der Waals surface area (Å²) in [5.74, 6) is -0.0594. The molecule has 2 N–H and O–H groups in total. The second-order valence-corrected chi connectivity index (χ2v) is 6.21. The molecule has 26 heavy (non-hydrogen) atoms. The molecule has 0 aliphatic rings. The monoisotopic (exact) mass is 414 g/mol. The van der Waals surface area contributed by atoms with Gasteiger partial charge in [0.15, 0.2) is 0 Å². The van der Waals surface area contributed by atoms with Gasteiger partial charge in [-0.2, -0.15) is 0 Å². The molecule has 0 fully saturated rings. The fourth-order valence-corrected chi connectivity index (χ4v) is 2.35. The minimum absolute atomic E-state index is 0.143. The van der Waals surface area contributed by atoms with Crippen LogP contribution in [0.1, 0.15) is 15.9 Å². The highest BCUT2D eigenvalue weighted by molar-refractivity contribution is 9.10. The summed E-state index contributed by atoms with van der Waals surface area (Å²) in [7, 11) is 1.58. The quantitative estimate of drug-likeness (QED) is 0.537. The molecule has 0 saturated carbocycles. The molecule has 0 aliphatic carbocycles. The molecule has 2 aromatic carbocycles. The summed E-state index contributed by atoms with van der Waals surface area (Å²) in [4.78, 5) is 24.8. The maximum atomic E-state index is 12.4. The van der Waals surface area contributed by atoms with Gasteiger partial charge in [0, 0.05) is 16.6 Å². The Morgan fingerprint density at radius 3 is 2.35 bits per heavy atom. The molecule has 0 heterocycles. The number of hydrogen-bond acceptors (Lipinski definition) is 3. The number of carbonyl (C=O) groups excluding carboxylic acids is 2. The van der Waals surface area contributed by atoms with Crippen LogP contribution in [0.3, 0.4) is 0 Å². The average molecular weight is 415 g/mol. The van der Waals surface area contributed by atoms with Crippen molar-refractivity contribution in [2.75, 3.05) is 13.7 Å². The van der Waals surface area contributed by atoms with Crippen molar-refractivity contribution >= 4 is 33.8 Å². The number of benzene rings is 2. The Balaban J connectivity index is 2.25. The molecule has 2 amide bonds. The fourth-order valence-electron chi connectivity index (χ4n) is 2.08. The van der Waals surface area contributed by atoms with E-state index < -0.39 is 5.91 Å². The van der Waals surface area contributed by atoms with Gasteiger partial charge in [-0.3, -0.25) is 9.59 Å². The first-order valence-corrected chi connectivity index (χ1v) is 8.64. The molecule has 0 aromatic heterocycles. The van der Waals surface area contributed by atoms with Crippen LogP contribution in [-0.4, -0.2) is 25.5 Å². The van der Waals surface area contributed by atoms with E-state index in [0.29, 0.717) is 17.9 Å². The molecule has 134 valence electrons. The van der Waals surface area contributed by atoms with Crippen LogP contribution >= 0.6 is 15.9 Å². The molecule has 0 aliphatic heterocycles. The number of carbonyl (C=O) groups is 2. The molecule has 0 bridgehead atoms. The number of amides is 2. The Labute approximate surface area is 160 Å². The van der Waals surface area contributed by atoms with Crippen LogP contribution in [0.5, 0.6) is 5.75 Å². The van der Waals surface area contributed by atoms with Crippen LogP contribution in [0.4, 0.5) is 0 Å². The van der Waals surface area contributed by atoms with Gasteiger partial charge in [0.1, 0.15) is 11.4 Å². The van der Waals surface area contributed by atoms with Crippen LogP contribution in [0.2, 0.25) is 0 Å². The third kappa shape index (κ3) is 5.60. The molecular formula is C20H19BrN2O3. The zero-order chi connectivity index (χ0) is 18.9. The molecule has 0 saturated heterocycles. The number of methoxy groups -OCH3 is 1. The molecule has 2 rings (SSSR count). The second kappa shape index (κ2) is 9.58. The van der Waals surface area contributed by atoms with E-state index in [1.54, 1.807) is 67.8 Å². The van der Waals surface area contributed by atoms with Crippen molar-refractivity contribution in [1.29, 1.82) is 0 Å². The maximum absolute atomic E-state index is 12.4.